The quantitative estimate of drug-likeness (QED) is 0.897. The summed E-state index contributed by atoms with van der Waals surface area (Å²) in [5.41, 5.74) is 7.52. The van der Waals surface area contributed by atoms with Crippen molar-refractivity contribution in [2.75, 3.05) is 5.32 Å². The molecule has 1 aromatic heterocycles. The number of amides is 2. The van der Waals surface area contributed by atoms with E-state index in [0.717, 1.165) is 16.6 Å². The average molecular weight is 273 g/mol. The first-order valence-electron chi connectivity index (χ1n) is 6.68. The van der Waals surface area contributed by atoms with Crippen LogP contribution in [0.1, 0.15) is 31.3 Å². The zero-order chi connectivity index (χ0) is 14.9. The fraction of sp³-hybridized carbons (Fsp3) is 0.333. The number of anilines is 1. The molecular weight excluding hydrogens is 254 g/mol. The van der Waals surface area contributed by atoms with Gasteiger partial charge < -0.3 is 15.6 Å². The van der Waals surface area contributed by atoms with E-state index in [2.05, 4.69) is 5.32 Å². The number of hydrogen-bond donors (Lipinski definition) is 2. The molecule has 1 aromatic carbocycles. The van der Waals surface area contributed by atoms with E-state index < -0.39 is 5.91 Å². The fourth-order valence-electron chi connectivity index (χ4n) is 2.18. The number of hydrogen-bond acceptors (Lipinski definition) is 2. The van der Waals surface area contributed by atoms with Gasteiger partial charge in [0.25, 0.3) is 5.91 Å². The van der Waals surface area contributed by atoms with Gasteiger partial charge in [-0.1, -0.05) is 13.8 Å². The Kier molecular flexibility index (Phi) is 3.79. The van der Waals surface area contributed by atoms with Crippen LogP contribution < -0.4 is 11.1 Å². The van der Waals surface area contributed by atoms with Crippen LogP contribution in [0, 0.1) is 5.92 Å². The molecule has 3 N–H and O–H groups in total. The van der Waals surface area contributed by atoms with Crippen LogP contribution in [0.25, 0.3) is 10.9 Å². The van der Waals surface area contributed by atoms with E-state index in [9.17, 15) is 9.59 Å². The SMILES string of the molecule is CCn1c(C(N)=O)cc2cc(NC(=O)C(C)C)ccc21. The molecule has 106 valence electrons. The summed E-state index contributed by atoms with van der Waals surface area (Å²) >= 11 is 0. The molecule has 0 saturated heterocycles. The summed E-state index contributed by atoms with van der Waals surface area (Å²) in [5, 5.41) is 3.74. The van der Waals surface area contributed by atoms with Gasteiger partial charge in [-0.25, -0.2) is 0 Å². The highest BCUT2D eigenvalue weighted by molar-refractivity contribution is 6.00. The van der Waals surface area contributed by atoms with E-state index in [0.29, 0.717) is 12.2 Å². The number of benzene rings is 1. The van der Waals surface area contributed by atoms with Crippen molar-refractivity contribution in [1.82, 2.24) is 4.57 Å². The Morgan fingerprint density at radius 2 is 2.00 bits per heavy atom. The number of fused-ring (bicyclic) bond motifs is 1. The summed E-state index contributed by atoms with van der Waals surface area (Å²) in [7, 11) is 0. The number of rotatable bonds is 4. The van der Waals surface area contributed by atoms with Gasteiger partial charge in [-0.05, 0) is 31.2 Å². The van der Waals surface area contributed by atoms with E-state index in [4.69, 9.17) is 5.73 Å². The molecule has 0 unspecified atom stereocenters. The molecule has 0 aliphatic heterocycles. The molecule has 0 fully saturated rings. The van der Waals surface area contributed by atoms with Crippen LogP contribution in [0.15, 0.2) is 24.3 Å². The van der Waals surface area contributed by atoms with Gasteiger partial charge in [-0.15, -0.1) is 0 Å². The van der Waals surface area contributed by atoms with Gasteiger partial charge in [0, 0.05) is 29.1 Å². The first-order chi connectivity index (χ1) is 9.43. The molecule has 2 rings (SSSR count). The summed E-state index contributed by atoms with van der Waals surface area (Å²) in [5.74, 6) is -0.558. The Morgan fingerprint density at radius 1 is 1.30 bits per heavy atom. The maximum Gasteiger partial charge on any atom is 0.265 e. The van der Waals surface area contributed by atoms with Gasteiger partial charge in [-0.3, -0.25) is 9.59 Å². The van der Waals surface area contributed by atoms with Crippen molar-refractivity contribution in [3.8, 4) is 0 Å². The molecule has 0 atom stereocenters. The normalized spacial score (nSPS) is 11.0. The number of aryl methyl sites for hydroxylation is 1. The number of carbonyl (C=O) groups is 2. The lowest BCUT2D eigenvalue weighted by molar-refractivity contribution is -0.118. The molecule has 1 heterocycles. The number of nitrogens with two attached hydrogens (primary N) is 1. The Bertz CT molecular complexity index is 671. The van der Waals surface area contributed by atoms with Gasteiger partial charge >= 0.3 is 0 Å². The monoisotopic (exact) mass is 273 g/mol. The van der Waals surface area contributed by atoms with Crippen molar-refractivity contribution in [2.24, 2.45) is 11.7 Å². The lowest BCUT2D eigenvalue weighted by atomic mass is 10.2. The van der Waals surface area contributed by atoms with E-state index in [-0.39, 0.29) is 11.8 Å². The Labute approximate surface area is 117 Å². The number of aromatic nitrogens is 1. The minimum atomic E-state index is -0.448. The molecule has 0 aliphatic carbocycles. The smallest absolute Gasteiger partial charge is 0.265 e. The highest BCUT2D eigenvalue weighted by Crippen LogP contribution is 2.23. The molecule has 0 spiro atoms. The Hall–Kier alpha value is -2.30. The van der Waals surface area contributed by atoms with Gasteiger partial charge in [0.15, 0.2) is 0 Å². The summed E-state index contributed by atoms with van der Waals surface area (Å²) in [6, 6.07) is 7.33. The van der Waals surface area contributed by atoms with Crippen molar-refractivity contribution in [3.63, 3.8) is 0 Å². The zero-order valence-corrected chi connectivity index (χ0v) is 11.9. The molecule has 0 bridgehead atoms. The second kappa shape index (κ2) is 5.36. The predicted molar refractivity (Wildman–Crippen MR) is 79.6 cm³/mol. The number of nitrogens with zero attached hydrogens (tertiary/aromatic N) is 1. The van der Waals surface area contributed by atoms with Crippen LogP contribution in [0.4, 0.5) is 5.69 Å². The number of carbonyl (C=O) groups excluding carboxylic acids is 2. The van der Waals surface area contributed by atoms with Crippen molar-refractivity contribution in [1.29, 1.82) is 0 Å². The lowest BCUT2D eigenvalue weighted by Gasteiger charge is -2.08. The van der Waals surface area contributed by atoms with Crippen LogP contribution in [0.2, 0.25) is 0 Å². The first kappa shape index (κ1) is 14.1. The second-order valence-corrected chi connectivity index (χ2v) is 5.06. The molecule has 5 nitrogen and oxygen atoms in total. The van der Waals surface area contributed by atoms with Crippen molar-refractivity contribution in [3.05, 3.63) is 30.0 Å². The highest BCUT2D eigenvalue weighted by Gasteiger charge is 2.13. The van der Waals surface area contributed by atoms with Gasteiger partial charge in [0.1, 0.15) is 5.69 Å². The second-order valence-electron chi connectivity index (χ2n) is 5.06. The van der Waals surface area contributed by atoms with Crippen LogP contribution >= 0.6 is 0 Å². The standard InChI is InChI=1S/C15H19N3O2/c1-4-18-12-6-5-11(17-15(20)9(2)3)7-10(12)8-13(18)14(16)19/h5-9H,4H2,1-3H3,(H2,16,19)(H,17,20). The summed E-state index contributed by atoms with van der Waals surface area (Å²) in [6.45, 7) is 6.30. The van der Waals surface area contributed by atoms with Gasteiger partial charge in [0.2, 0.25) is 5.91 Å². The Morgan fingerprint density at radius 3 is 2.55 bits per heavy atom. The highest BCUT2D eigenvalue weighted by atomic mass is 16.2. The third kappa shape index (κ3) is 2.52. The molecule has 5 heteroatoms. The van der Waals surface area contributed by atoms with Gasteiger partial charge in [-0.2, -0.15) is 0 Å². The number of nitrogens with one attached hydrogen (secondary N) is 1. The molecule has 2 amide bonds. The van der Waals surface area contributed by atoms with E-state index >= 15 is 0 Å². The van der Waals surface area contributed by atoms with Gasteiger partial charge in [0.05, 0.1) is 0 Å². The largest absolute Gasteiger partial charge is 0.364 e. The maximum absolute atomic E-state index is 11.7. The summed E-state index contributed by atoms with van der Waals surface area (Å²) in [4.78, 5) is 23.1. The van der Waals surface area contributed by atoms with Crippen LogP contribution in [-0.2, 0) is 11.3 Å². The molecule has 0 aliphatic rings. The molecule has 0 saturated carbocycles. The van der Waals surface area contributed by atoms with E-state index in [1.54, 1.807) is 6.07 Å². The molecule has 2 aromatic rings. The minimum absolute atomic E-state index is 0.0330. The average Bonchev–Trinajstić information content (AvgIpc) is 2.76. The third-order valence-electron chi connectivity index (χ3n) is 3.26. The maximum atomic E-state index is 11.7. The predicted octanol–water partition coefficient (Wildman–Crippen LogP) is 2.35. The third-order valence-corrected chi connectivity index (χ3v) is 3.26. The fourth-order valence-corrected chi connectivity index (χ4v) is 2.18. The Balaban J connectivity index is 2.45. The lowest BCUT2D eigenvalue weighted by Crippen LogP contribution is -2.17. The summed E-state index contributed by atoms with van der Waals surface area (Å²) in [6.07, 6.45) is 0. The van der Waals surface area contributed by atoms with Crippen molar-refractivity contribution >= 4 is 28.4 Å². The zero-order valence-electron chi connectivity index (χ0n) is 11.9. The molecular formula is C15H19N3O2. The summed E-state index contributed by atoms with van der Waals surface area (Å²) < 4.78 is 1.87. The first-order valence-corrected chi connectivity index (χ1v) is 6.68. The molecule has 0 radical (unpaired) electrons. The van der Waals surface area contributed by atoms with Crippen LogP contribution in [0.5, 0.6) is 0 Å². The van der Waals surface area contributed by atoms with Crippen molar-refractivity contribution < 1.29 is 9.59 Å². The van der Waals surface area contributed by atoms with E-state index in [1.165, 1.54) is 0 Å². The van der Waals surface area contributed by atoms with E-state index in [1.807, 2.05) is 43.5 Å². The van der Waals surface area contributed by atoms with Crippen LogP contribution in [0.3, 0.4) is 0 Å². The molecule has 20 heavy (non-hydrogen) atoms. The minimum Gasteiger partial charge on any atom is -0.364 e. The van der Waals surface area contributed by atoms with Crippen molar-refractivity contribution in [2.45, 2.75) is 27.3 Å². The number of primary amides is 1. The topological polar surface area (TPSA) is 77.1 Å². The van der Waals surface area contributed by atoms with Crippen LogP contribution in [-0.4, -0.2) is 16.4 Å².